The number of likely N-dealkylation sites (N-methyl/N-ethyl adjacent to an activating group) is 1. The van der Waals surface area contributed by atoms with Gasteiger partial charge in [-0.25, -0.2) is 0 Å². The van der Waals surface area contributed by atoms with Crippen LogP contribution in [0.3, 0.4) is 0 Å². The van der Waals surface area contributed by atoms with E-state index in [2.05, 4.69) is 48.4 Å². The monoisotopic (exact) mass is 335 g/mol. The van der Waals surface area contributed by atoms with E-state index in [0.29, 0.717) is 5.76 Å². The Kier molecular flexibility index (Phi) is 6.47. The zero-order valence-corrected chi connectivity index (χ0v) is 15.2. The molecule has 3 heteroatoms. The van der Waals surface area contributed by atoms with Crippen molar-refractivity contribution in [3.63, 3.8) is 0 Å². The van der Waals surface area contributed by atoms with Crippen LogP contribution in [-0.4, -0.2) is 26.2 Å². The maximum atomic E-state index is 5.48. The number of hydrogen-bond donors (Lipinski definition) is 0. The van der Waals surface area contributed by atoms with Gasteiger partial charge in [0.15, 0.2) is 0 Å². The average Bonchev–Trinajstić information content (AvgIpc) is 2.65. The fourth-order valence-electron chi connectivity index (χ4n) is 2.63. The highest BCUT2D eigenvalue weighted by Gasteiger charge is 2.08. The Morgan fingerprint density at radius 2 is 1.88 bits per heavy atom. The largest absolute Gasteiger partial charge is 0.497 e. The molecule has 0 atom stereocenters. The summed E-state index contributed by atoms with van der Waals surface area (Å²) in [5, 5.41) is 0. The highest BCUT2D eigenvalue weighted by molar-refractivity contribution is 5.70. The molecule has 0 unspecified atom stereocenters. The molecule has 0 radical (unpaired) electrons. The Bertz CT molecular complexity index is 777. The Balaban J connectivity index is 2.26. The van der Waals surface area contributed by atoms with Gasteiger partial charge in [0.2, 0.25) is 0 Å². The lowest BCUT2D eigenvalue weighted by molar-refractivity contribution is 0.305. The summed E-state index contributed by atoms with van der Waals surface area (Å²) in [7, 11) is 5.32. The second-order valence-corrected chi connectivity index (χ2v) is 5.70. The van der Waals surface area contributed by atoms with Crippen molar-refractivity contribution in [2.45, 2.75) is 6.54 Å². The number of nitrogens with zero attached hydrogens (tertiary/aromatic N) is 1. The summed E-state index contributed by atoms with van der Waals surface area (Å²) < 4.78 is 10.6. The molecule has 0 heterocycles. The molecule has 0 aromatic heterocycles. The normalized spacial score (nSPS) is 10.9. The van der Waals surface area contributed by atoms with Gasteiger partial charge in [-0.15, -0.1) is 0 Å². The topological polar surface area (TPSA) is 21.7 Å². The first kappa shape index (κ1) is 18.4. The number of benzene rings is 2. The third-order valence-electron chi connectivity index (χ3n) is 3.99. The maximum absolute atomic E-state index is 5.48. The molecule has 0 aliphatic rings. The number of ether oxygens (including phenoxy) is 2. The van der Waals surface area contributed by atoms with E-state index in [1.165, 1.54) is 5.56 Å². The van der Waals surface area contributed by atoms with Gasteiger partial charge in [0, 0.05) is 30.9 Å². The lowest BCUT2D eigenvalue weighted by atomic mass is 10.0. The Labute approximate surface area is 150 Å². The molecule has 130 valence electrons. The van der Waals surface area contributed by atoms with E-state index in [0.717, 1.165) is 29.1 Å². The van der Waals surface area contributed by atoms with Crippen molar-refractivity contribution in [2.24, 2.45) is 0 Å². The Morgan fingerprint density at radius 1 is 1.12 bits per heavy atom. The predicted octanol–water partition coefficient (Wildman–Crippen LogP) is 5.02. The molecular formula is C22H25NO2. The summed E-state index contributed by atoms with van der Waals surface area (Å²) >= 11 is 0. The van der Waals surface area contributed by atoms with Crippen LogP contribution in [0.2, 0.25) is 0 Å². The molecule has 0 bridgehead atoms. The number of rotatable bonds is 8. The molecule has 0 aliphatic carbocycles. The van der Waals surface area contributed by atoms with Crippen molar-refractivity contribution in [3.05, 3.63) is 90.9 Å². The van der Waals surface area contributed by atoms with E-state index >= 15 is 0 Å². The number of hydrogen-bond acceptors (Lipinski definition) is 3. The zero-order chi connectivity index (χ0) is 18.2. The van der Waals surface area contributed by atoms with Crippen LogP contribution >= 0.6 is 0 Å². The molecule has 25 heavy (non-hydrogen) atoms. The molecule has 2 aromatic carbocycles. The van der Waals surface area contributed by atoms with Crippen LogP contribution in [0.1, 0.15) is 5.56 Å². The van der Waals surface area contributed by atoms with Crippen LogP contribution < -0.4 is 4.74 Å². The molecule has 0 saturated heterocycles. The molecule has 2 rings (SSSR count). The maximum Gasteiger partial charge on any atom is 0.126 e. The molecule has 2 aromatic rings. The van der Waals surface area contributed by atoms with Crippen LogP contribution in [0.15, 0.2) is 85.3 Å². The van der Waals surface area contributed by atoms with Gasteiger partial charge in [0.1, 0.15) is 11.5 Å². The average molecular weight is 335 g/mol. The van der Waals surface area contributed by atoms with E-state index < -0.39 is 0 Å². The highest BCUT2D eigenvalue weighted by atomic mass is 16.5. The van der Waals surface area contributed by atoms with Crippen LogP contribution in [-0.2, 0) is 11.3 Å². The minimum Gasteiger partial charge on any atom is -0.497 e. The predicted molar refractivity (Wildman–Crippen MR) is 104 cm³/mol. The quantitative estimate of drug-likeness (QED) is 0.499. The standard InChI is InChI=1S/C22H25NO2/c1-6-20(14-17(2)24-4)23(3)16-18-10-9-11-19(15-18)21-12-7-8-13-22(21)25-5/h6-15H,1-2,16H2,3-5H3/b20-14+. The first-order valence-corrected chi connectivity index (χ1v) is 8.09. The minimum absolute atomic E-state index is 0.601. The zero-order valence-electron chi connectivity index (χ0n) is 15.2. The second kappa shape index (κ2) is 8.78. The summed E-state index contributed by atoms with van der Waals surface area (Å²) in [6.45, 7) is 8.46. The van der Waals surface area contributed by atoms with E-state index in [-0.39, 0.29) is 0 Å². The van der Waals surface area contributed by atoms with Gasteiger partial charge < -0.3 is 14.4 Å². The molecule has 0 saturated carbocycles. The first-order chi connectivity index (χ1) is 12.1. The summed E-state index contributed by atoms with van der Waals surface area (Å²) in [6, 6.07) is 16.5. The SMILES string of the molecule is C=C/C(=C\C(=C)OC)N(C)Cc1cccc(-c2ccccc2OC)c1. The van der Waals surface area contributed by atoms with Gasteiger partial charge in [0.05, 0.1) is 14.2 Å². The lowest BCUT2D eigenvalue weighted by Gasteiger charge is -2.21. The van der Waals surface area contributed by atoms with E-state index in [9.17, 15) is 0 Å². The van der Waals surface area contributed by atoms with Crippen molar-refractivity contribution >= 4 is 0 Å². The van der Waals surface area contributed by atoms with Crippen molar-refractivity contribution in [2.75, 3.05) is 21.3 Å². The molecule has 0 spiro atoms. The van der Waals surface area contributed by atoms with Crippen LogP contribution in [0.25, 0.3) is 11.1 Å². The van der Waals surface area contributed by atoms with E-state index in [1.807, 2.05) is 31.3 Å². The smallest absolute Gasteiger partial charge is 0.126 e. The third-order valence-corrected chi connectivity index (χ3v) is 3.99. The van der Waals surface area contributed by atoms with Crippen molar-refractivity contribution in [1.29, 1.82) is 0 Å². The third kappa shape index (κ3) is 4.77. The summed E-state index contributed by atoms with van der Waals surface area (Å²) in [5.41, 5.74) is 4.37. The molecule has 3 nitrogen and oxygen atoms in total. The number of methoxy groups -OCH3 is 2. The minimum atomic E-state index is 0.601. The van der Waals surface area contributed by atoms with Gasteiger partial charge in [-0.2, -0.15) is 0 Å². The summed E-state index contributed by atoms with van der Waals surface area (Å²) in [4.78, 5) is 2.11. The van der Waals surface area contributed by atoms with Crippen molar-refractivity contribution in [1.82, 2.24) is 4.90 Å². The van der Waals surface area contributed by atoms with Crippen molar-refractivity contribution in [3.8, 4) is 16.9 Å². The fraction of sp³-hybridized carbons (Fsp3) is 0.182. The second-order valence-electron chi connectivity index (χ2n) is 5.70. The van der Waals surface area contributed by atoms with Crippen LogP contribution in [0.4, 0.5) is 0 Å². The number of allylic oxidation sites excluding steroid dienone is 2. The van der Waals surface area contributed by atoms with Gasteiger partial charge in [-0.1, -0.05) is 49.6 Å². The molecule has 0 N–H and O–H groups in total. The fourth-order valence-corrected chi connectivity index (χ4v) is 2.63. The Hall–Kier alpha value is -2.94. The summed E-state index contributed by atoms with van der Waals surface area (Å²) in [6.07, 6.45) is 3.67. The van der Waals surface area contributed by atoms with E-state index in [1.54, 1.807) is 20.3 Å². The van der Waals surface area contributed by atoms with Crippen LogP contribution in [0.5, 0.6) is 5.75 Å². The number of para-hydroxylation sites is 1. The molecular weight excluding hydrogens is 310 g/mol. The van der Waals surface area contributed by atoms with Gasteiger partial charge >= 0.3 is 0 Å². The molecule has 0 aliphatic heterocycles. The molecule has 0 amide bonds. The lowest BCUT2D eigenvalue weighted by Crippen LogP contribution is -2.16. The van der Waals surface area contributed by atoms with Crippen molar-refractivity contribution < 1.29 is 9.47 Å². The molecule has 0 fully saturated rings. The van der Waals surface area contributed by atoms with Crippen LogP contribution in [0, 0.1) is 0 Å². The Morgan fingerprint density at radius 3 is 2.56 bits per heavy atom. The van der Waals surface area contributed by atoms with Gasteiger partial charge in [-0.3, -0.25) is 0 Å². The highest BCUT2D eigenvalue weighted by Crippen LogP contribution is 2.30. The van der Waals surface area contributed by atoms with E-state index in [4.69, 9.17) is 9.47 Å². The van der Waals surface area contributed by atoms with Gasteiger partial charge in [-0.05, 0) is 29.3 Å². The first-order valence-electron chi connectivity index (χ1n) is 8.09. The summed E-state index contributed by atoms with van der Waals surface area (Å²) in [5.74, 6) is 1.47. The van der Waals surface area contributed by atoms with Gasteiger partial charge in [0.25, 0.3) is 0 Å².